The molecule has 354 valence electrons. The number of allylic oxidation sites excluding steroid dienone is 4. The maximum Gasteiger partial charge on any atom is 0.343 e. The van der Waals surface area contributed by atoms with Crippen LogP contribution in [0, 0.1) is 5.92 Å². The fraction of sp³-hybridized carbons (Fsp3) is 0.250. The molecule has 3 N–H and O–H groups in total. The molecule has 0 amide bonds. The molecule has 0 saturated carbocycles. The molecule has 0 radical (unpaired) electrons. The molecule has 4 aromatic carbocycles. The van der Waals surface area contributed by atoms with Gasteiger partial charge in [0.05, 0.1) is 30.7 Å². The predicted molar refractivity (Wildman–Crippen MR) is 251 cm³/mol. The van der Waals surface area contributed by atoms with Crippen LogP contribution < -0.4 is 18.9 Å². The minimum atomic E-state index is -1.44. The molecule has 7 atom stereocenters. The lowest BCUT2D eigenvalue weighted by molar-refractivity contribution is -0.160. The largest absolute Gasteiger partial charge is 0.490 e. The van der Waals surface area contributed by atoms with Gasteiger partial charge in [0.15, 0.2) is 24.8 Å². The van der Waals surface area contributed by atoms with Crippen LogP contribution in [-0.4, -0.2) is 96.4 Å². The number of nitrogens with zero attached hydrogens (tertiary/aromatic N) is 2. The predicted octanol–water partition coefficient (Wildman–Crippen LogP) is 6.86. The lowest BCUT2D eigenvalue weighted by Gasteiger charge is -2.20. The summed E-state index contributed by atoms with van der Waals surface area (Å²) >= 11 is 0. The van der Waals surface area contributed by atoms with E-state index in [4.69, 9.17) is 37.9 Å². The van der Waals surface area contributed by atoms with Crippen LogP contribution >= 0.6 is 0 Å². The van der Waals surface area contributed by atoms with Crippen LogP contribution in [0.15, 0.2) is 163 Å². The van der Waals surface area contributed by atoms with Crippen molar-refractivity contribution in [2.75, 3.05) is 26.4 Å². The number of aliphatic hydroxyl groups is 3. The zero-order valence-corrected chi connectivity index (χ0v) is 37.2. The molecule has 0 bridgehead atoms. The van der Waals surface area contributed by atoms with Crippen LogP contribution in [0.4, 0.5) is 0 Å². The Morgan fingerprint density at radius 3 is 1.96 bits per heavy atom. The molecule has 2 aliphatic rings. The molecule has 7 unspecified atom stereocenters. The minimum Gasteiger partial charge on any atom is -0.490 e. The van der Waals surface area contributed by atoms with Gasteiger partial charge in [0.1, 0.15) is 36.2 Å². The Hall–Kier alpha value is -7.47. The van der Waals surface area contributed by atoms with E-state index < -0.39 is 49.0 Å². The summed E-state index contributed by atoms with van der Waals surface area (Å²) in [6, 6.07) is 25.0. The topological polar surface area (TPSA) is 210 Å². The monoisotopic (exact) mass is 928 g/mol. The number of esters is 3. The first-order valence-electron chi connectivity index (χ1n) is 21.6. The normalized spacial score (nSPS) is 17.4. The first-order valence-corrected chi connectivity index (χ1v) is 21.6. The standard InChI is InChI=1S/C52H52N2O14/c1-5-46(55)63-31-39(65-48(57)7-3)29-61-36-21-17-33(18-22-36)51(59)67-38-25-26-45(35(27-38)28-53-54-50-43-15-11-9-13-41(43)42-14-10-12-16-44(42)50)68-52(60)34-19-23-37(24-20-34)62-30-40(66-49(58)8-4)32-64-47(56)6-2/h6-28,39-41,43,46-47,51,55-56,59H,2-5,29-32H2,1H3/b53-28+,54-50+. The third-order valence-corrected chi connectivity index (χ3v) is 10.3. The molecule has 0 aliphatic heterocycles. The number of aliphatic hydroxyl groups excluding tert-OH is 3. The smallest absolute Gasteiger partial charge is 0.343 e. The fourth-order valence-corrected chi connectivity index (χ4v) is 6.85. The Morgan fingerprint density at radius 2 is 1.32 bits per heavy atom. The third-order valence-electron chi connectivity index (χ3n) is 10.3. The van der Waals surface area contributed by atoms with E-state index in [0.29, 0.717) is 29.0 Å². The van der Waals surface area contributed by atoms with Crippen LogP contribution in [0.2, 0.25) is 0 Å². The number of carbonyl (C=O) groups is 3. The molecule has 16 heteroatoms. The van der Waals surface area contributed by atoms with Gasteiger partial charge < -0.3 is 53.2 Å². The zero-order valence-electron chi connectivity index (χ0n) is 37.2. The van der Waals surface area contributed by atoms with Crippen molar-refractivity contribution < 1.29 is 67.6 Å². The van der Waals surface area contributed by atoms with Crippen molar-refractivity contribution in [1.82, 2.24) is 0 Å². The van der Waals surface area contributed by atoms with E-state index in [1.165, 1.54) is 48.7 Å². The minimum absolute atomic E-state index is 0.0167. The maximum absolute atomic E-state index is 13.6. The Balaban J connectivity index is 1.17. The number of benzene rings is 4. The number of carbonyl (C=O) groups excluding carboxylic acids is 3. The average molecular weight is 929 g/mol. The Labute approximate surface area is 393 Å². The number of fused-ring (bicyclic) bond motifs is 3. The van der Waals surface area contributed by atoms with Crippen molar-refractivity contribution in [3.8, 4) is 23.0 Å². The summed E-state index contributed by atoms with van der Waals surface area (Å²) in [6.07, 6.45) is 7.73. The third kappa shape index (κ3) is 14.0. The SMILES string of the molecule is C=CC(=O)OC(COc1ccc(C(=O)Oc2ccc(OC(O)c3ccc(OCC(COC(O)CC)OC(=O)C=C)cc3)cc2/C=N/N=C2/c3ccccc3C3C=CC=CC23)cc1)COC(O)C=C. The molecule has 16 nitrogen and oxygen atoms in total. The molecule has 0 fully saturated rings. The summed E-state index contributed by atoms with van der Waals surface area (Å²) in [5.41, 5.74) is 3.77. The quantitative estimate of drug-likeness (QED) is 0.0118. The summed E-state index contributed by atoms with van der Waals surface area (Å²) in [5.74, 6) is -0.910. The first-order chi connectivity index (χ1) is 33.0. The van der Waals surface area contributed by atoms with Crippen LogP contribution in [0.5, 0.6) is 23.0 Å². The molecule has 0 saturated heterocycles. The van der Waals surface area contributed by atoms with E-state index in [-0.39, 0.29) is 55.3 Å². The van der Waals surface area contributed by atoms with Gasteiger partial charge in [-0.2, -0.15) is 10.2 Å². The average Bonchev–Trinajstić information content (AvgIpc) is 3.69. The highest BCUT2D eigenvalue weighted by molar-refractivity contribution is 6.09. The summed E-state index contributed by atoms with van der Waals surface area (Å²) in [7, 11) is 0. The van der Waals surface area contributed by atoms with E-state index in [0.717, 1.165) is 29.0 Å². The van der Waals surface area contributed by atoms with E-state index >= 15 is 0 Å². The highest BCUT2D eigenvalue weighted by Crippen LogP contribution is 2.42. The molecule has 68 heavy (non-hydrogen) atoms. The molecular weight excluding hydrogens is 877 g/mol. The first kappa shape index (κ1) is 50.0. The van der Waals surface area contributed by atoms with Crippen LogP contribution in [-0.2, 0) is 28.5 Å². The molecular formula is C52H52N2O14. The zero-order chi connectivity index (χ0) is 48.4. The van der Waals surface area contributed by atoms with Crippen molar-refractivity contribution in [2.24, 2.45) is 16.1 Å². The molecule has 2 aliphatic carbocycles. The van der Waals surface area contributed by atoms with Crippen LogP contribution in [0.25, 0.3) is 0 Å². The van der Waals surface area contributed by atoms with Crippen molar-refractivity contribution in [3.63, 3.8) is 0 Å². The van der Waals surface area contributed by atoms with Crippen molar-refractivity contribution in [3.05, 3.63) is 181 Å². The highest BCUT2D eigenvalue weighted by Gasteiger charge is 2.35. The summed E-state index contributed by atoms with van der Waals surface area (Å²) in [4.78, 5) is 37.2. The van der Waals surface area contributed by atoms with Gasteiger partial charge >= 0.3 is 17.9 Å². The number of rotatable bonds is 25. The van der Waals surface area contributed by atoms with Gasteiger partial charge in [0, 0.05) is 40.7 Å². The maximum atomic E-state index is 13.6. The summed E-state index contributed by atoms with van der Waals surface area (Å²) < 4.78 is 44.4. The lowest BCUT2D eigenvalue weighted by Crippen LogP contribution is -2.31. The van der Waals surface area contributed by atoms with Gasteiger partial charge in [0.2, 0.25) is 6.29 Å². The number of hydrogen-bond acceptors (Lipinski definition) is 16. The van der Waals surface area contributed by atoms with Crippen molar-refractivity contribution >= 4 is 29.8 Å². The van der Waals surface area contributed by atoms with E-state index in [1.54, 1.807) is 37.3 Å². The second-order valence-corrected chi connectivity index (χ2v) is 15.1. The second kappa shape index (κ2) is 24.9. The van der Waals surface area contributed by atoms with Gasteiger partial charge in [-0.05, 0) is 84.8 Å². The van der Waals surface area contributed by atoms with Crippen LogP contribution in [0.1, 0.15) is 58.2 Å². The number of hydrogen-bond donors (Lipinski definition) is 3. The van der Waals surface area contributed by atoms with Gasteiger partial charge in [-0.25, -0.2) is 14.4 Å². The summed E-state index contributed by atoms with van der Waals surface area (Å²) in [5, 5.41) is 39.7. The molecule has 4 aromatic rings. The summed E-state index contributed by atoms with van der Waals surface area (Å²) in [6.45, 7) is 11.5. The Morgan fingerprint density at radius 1 is 0.721 bits per heavy atom. The molecule has 0 aromatic heterocycles. The van der Waals surface area contributed by atoms with E-state index in [1.807, 2.05) is 30.4 Å². The van der Waals surface area contributed by atoms with Gasteiger partial charge in [-0.3, -0.25) is 0 Å². The molecule has 0 spiro atoms. The highest BCUT2D eigenvalue weighted by atomic mass is 16.6. The van der Waals surface area contributed by atoms with Gasteiger partial charge in [0.25, 0.3) is 0 Å². The van der Waals surface area contributed by atoms with Gasteiger partial charge in [-0.15, -0.1) is 0 Å². The van der Waals surface area contributed by atoms with Crippen molar-refractivity contribution in [1.29, 1.82) is 0 Å². The lowest BCUT2D eigenvalue weighted by atomic mass is 9.88. The van der Waals surface area contributed by atoms with Crippen molar-refractivity contribution in [2.45, 2.75) is 50.3 Å². The Kier molecular flexibility index (Phi) is 18.3. The van der Waals surface area contributed by atoms with E-state index in [2.05, 4.69) is 48.2 Å². The van der Waals surface area contributed by atoms with Gasteiger partial charge in [-0.1, -0.05) is 75.2 Å². The molecule has 0 heterocycles. The second-order valence-electron chi connectivity index (χ2n) is 15.1. The fourth-order valence-electron chi connectivity index (χ4n) is 6.85. The van der Waals surface area contributed by atoms with E-state index in [9.17, 15) is 29.7 Å². The number of ether oxygens (including phenoxy) is 8. The van der Waals surface area contributed by atoms with Crippen LogP contribution in [0.3, 0.4) is 0 Å². The molecule has 6 rings (SSSR count). The Bertz CT molecular complexity index is 2520.